The minimum absolute atomic E-state index is 0.247. The molecule has 1 amide bonds. The van der Waals surface area contributed by atoms with Crippen LogP contribution in [0.1, 0.15) is 9.80 Å². The maximum absolute atomic E-state index is 13.0. The number of aryl methyl sites for hydroxylation is 1. The second-order valence-corrected chi connectivity index (χ2v) is 8.48. The third-order valence-corrected chi connectivity index (χ3v) is 6.51. The van der Waals surface area contributed by atoms with Crippen molar-refractivity contribution in [2.75, 3.05) is 43.5 Å². The van der Waals surface area contributed by atoms with Gasteiger partial charge in [-0.15, -0.1) is 11.3 Å². The number of fused-ring (bicyclic) bond motifs is 1. The lowest BCUT2D eigenvalue weighted by molar-refractivity contribution is 0.102. The number of thiazole rings is 1. The molecule has 4 aromatic rings. The highest BCUT2D eigenvalue weighted by atomic mass is 32.1. The lowest BCUT2D eigenvalue weighted by Gasteiger charge is -2.30. The quantitative estimate of drug-likeness (QED) is 0.463. The van der Waals surface area contributed by atoms with E-state index < -0.39 is 0 Å². The molecule has 4 heterocycles. The van der Waals surface area contributed by atoms with Gasteiger partial charge in [0.15, 0.2) is 10.8 Å². The number of piperazine rings is 1. The number of anilines is 2. The van der Waals surface area contributed by atoms with Crippen molar-refractivity contribution < 1.29 is 9.53 Å². The molecule has 1 aromatic carbocycles. The third kappa shape index (κ3) is 3.85. The van der Waals surface area contributed by atoms with Gasteiger partial charge < -0.3 is 20.3 Å². The number of hydrogen-bond donors (Lipinski definition) is 2. The Morgan fingerprint density at radius 3 is 2.82 bits per heavy atom. The summed E-state index contributed by atoms with van der Waals surface area (Å²) in [7, 11) is 3.28. The molecule has 11 heteroatoms. The van der Waals surface area contributed by atoms with Gasteiger partial charge in [0.2, 0.25) is 0 Å². The molecule has 0 aliphatic carbocycles. The number of nitrogens with one attached hydrogen (secondary N) is 2. The summed E-state index contributed by atoms with van der Waals surface area (Å²) in [6, 6.07) is 7.31. The van der Waals surface area contributed by atoms with Crippen molar-refractivity contribution in [3.05, 3.63) is 57.5 Å². The number of methoxy groups -OCH3 is 1. The van der Waals surface area contributed by atoms with Crippen molar-refractivity contribution in [3.63, 3.8) is 0 Å². The first-order chi connectivity index (χ1) is 16.1. The lowest BCUT2D eigenvalue weighted by atomic mass is 10.2. The third-order valence-electron chi connectivity index (χ3n) is 5.68. The normalized spacial score (nSPS) is 13.9. The summed E-state index contributed by atoms with van der Waals surface area (Å²) in [5.74, 6) is 0.677. The van der Waals surface area contributed by atoms with E-state index in [1.165, 1.54) is 15.9 Å². The summed E-state index contributed by atoms with van der Waals surface area (Å²) in [6.07, 6.45) is 3.36. The fraction of sp³-hybridized carbons (Fsp3) is 0.273. The first-order valence-electron chi connectivity index (χ1n) is 10.5. The van der Waals surface area contributed by atoms with Gasteiger partial charge >= 0.3 is 5.69 Å². The minimum Gasteiger partial charge on any atom is -0.497 e. The smallest absolute Gasteiger partial charge is 0.334 e. The van der Waals surface area contributed by atoms with E-state index in [1.54, 1.807) is 48.6 Å². The van der Waals surface area contributed by atoms with E-state index in [1.807, 2.05) is 12.1 Å². The number of amides is 1. The molecule has 0 atom stereocenters. The van der Waals surface area contributed by atoms with E-state index in [9.17, 15) is 9.59 Å². The van der Waals surface area contributed by atoms with Gasteiger partial charge in [0.05, 0.1) is 35.7 Å². The van der Waals surface area contributed by atoms with Crippen LogP contribution in [0.3, 0.4) is 0 Å². The Morgan fingerprint density at radius 1 is 1.21 bits per heavy atom. The van der Waals surface area contributed by atoms with Crippen molar-refractivity contribution in [3.8, 4) is 11.6 Å². The molecule has 3 aromatic heterocycles. The van der Waals surface area contributed by atoms with Crippen molar-refractivity contribution in [2.45, 2.75) is 0 Å². The van der Waals surface area contributed by atoms with E-state index >= 15 is 0 Å². The highest BCUT2D eigenvalue weighted by molar-refractivity contribution is 7.12. The van der Waals surface area contributed by atoms with E-state index in [0.29, 0.717) is 22.8 Å². The first-order valence-corrected chi connectivity index (χ1v) is 11.4. The number of ether oxygens (including phenoxy) is 1. The molecule has 2 N–H and O–H groups in total. The van der Waals surface area contributed by atoms with Gasteiger partial charge in [0.25, 0.3) is 5.91 Å². The first kappa shape index (κ1) is 21.2. The summed E-state index contributed by atoms with van der Waals surface area (Å²) in [5, 5.41) is 8.22. The molecule has 0 spiro atoms. The largest absolute Gasteiger partial charge is 0.497 e. The monoisotopic (exact) mass is 465 g/mol. The Morgan fingerprint density at radius 2 is 2.03 bits per heavy atom. The molecule has 1 aliphatic heterocycles. The fourth-order valence-electron chi connectivity index (χ4n) is 3.98. The summed E-state index contributed by atoms with van der Waals surface area (Å²) >= 11 is 1.18. The molecule has 0 unspecified atom stereocenters. The Balaban J connectivity index is 1.45. The van der Waals surface area contributed by atoms with Crippen LogP contribution < -0.4 is 26.0 Å². The Hall–Kier alpha value is -3.70. The van der Waals surface area contributed by atoms with Crippen LogP contribution in [0, 0.1) is 0 Å². The van der Waals surface area contributed by atoms with Gasteiger partial charge in [-0.3, -0.25) is 14.3 Å². The zero-order chi connectivity index (χ0) is 22.9. The maximum atomic E-state index is 13.0. The van der Waals surface area contributed by atoms with Crippen LogP contribution in [-0.4, -0.2) is 58.3 Å². The van der Waals surface area contributed by atoms with E-state index in [0.717, 1.165) is 37.4 Å². The average molecular weight is 466 g/mol. The summed E-state index contributed by atoms with van der Waals surface area (Å²) in [4.78, 5) is 36.8. The van der Waals surface area contributed by atoms with Gasteiger partial charge in [0, 0.05) is 50.9 Å². The van der Waals surface area contributed by atoms with Gasteiger partial charge in [-0.1, -0.05) is 0 Å². The molecular formula is C22H23N7O3S. The Bertz CT molecular complexity index is 1380. The number of imidazole rings is 1. The molecule has 1 fully saturated rings. The Kier molecular flexibility index (Phi) is 5.56. The molecule has 1 aliphatic rings. The molecule has 0 bridgehead atoms. The number of rotatable bonds is 5. The minimum atomic E-state index is -0.346. The summed E-state index contributed by atoms with van der Waals surface area (Å²) < 4.78 is 8.35. The number of pyridine rings is 1. The molecule has 0 radical (unpaired) electrons. The van der Waals surface area contributed by atoms with E-state index in [-0.39, 0.29) is 16.6 Å². The van der Waals surface area contributed by atoms with Crippen LogP contribution in [0.5, 0.6) is 5.75 Å². The fourth-order valence-corrected chi connectivity index (χ4v) is 4.66. The van der Waals surface area contributed by atoms with Crippen LogP contribution in [0.2, 0.25) is 0 Å². The van der Waals surface area contributed by atoms with E-state index in [4.69, 9.17) is 4.74 Å². The topological polar surface area (TPSA) is 106 Å². The maximum Gasteiger partial charge on any atom is 0.334 e. The molecule has 10 nitrogen and oxygen atoms in total. The molecule has 5 rings (SSSR count). The van der Waals surface area contributed by atoms with Crippen LogP contribution in [0.4, 0.5) is 11.4 Å². The SMILES string of the molecule is COc1ccc2c(c1)n(-c1csc(C(=O)Nc3cnccc3N3CCNCC3)n1)c(=O)n2C. The average Bonchev–Trinajstić information content (AvgIpc) is 3.43. The predicted molar refractivity (Wildman–Crippen MR) is 128 cm³/mol. The molecule has 33 heavy (non-hydrogen) atoms. The van der Waals surface area contributed by atoms with Gasteiger partial charge in [-0.2, -0.15) is 0 Å². The summed E-state index contributed by atoms with van der Waals surface area (Å²) in [5.41, 5.74) is 2.72. The van der Waals surface area contributed by atoms with E-state index in [2.05, 4.69) is 25.5 Å². The zero-order valence-electron chi connectivity index (χ0n) is 18.2. The molecule has 170 valence electrons. The second kappa shape index (κ2) is 8.68. The number of nitrogens with zero attached hydrogens (tertiary/aromatic N) is 5. The van der Waals surface area contributed by atoms with Crippen LogP contribution in [0.15, 0.2) is 46.8 Å². The summed E-state index contributed by atoms with van der Waals surface area (Å²) in [6.45, 7) is 3.47. The number of carbonyl (C=O) groups is 1. The van der Waals surface area contributed by atoms with Gasteiger partial charge in [-0.25, -0.2) is 14.3 Å². The predicted octanol–water partition coefficient (Wildman–Crippen LogP) is 1.85. The molecule has 0 saturated carbocycles. The standard InChI is InChI=1S/C22H23N7O3S/c1-27-17-4-3-14(32-2)11-18(17)29(22(27)31)19-13-33-21(26-19)20(30)25-15-12-24-6-5-16(15)28-9-7-23-8-10-28/h3-6,11-13,23H,7-10H2,1-2H3,(H,25,30). The highest BCUT2D eigenvalue weighted by Gasteiger charge is 2.20. The van der Waals surface area contributed by atoms with Gasteiger partial charge in [-0.05, 0) is 18.2 Å². The van der Waals surface area contributed by atoms with Crippen LogP contribution >= 0.6 is 11.3 Å². The number of hydrogen-bond acceptors (Lipinski definition) is 8. The number of aromatic nitrogens is 4. The van der Waals surface area contributed by atoms with Crippen molar-refractivity contribution in [1.82, 2.24) is 24.4 Å². The Labute approximate surface area is 193 Å². The molecular weight excluding hydrogens is 442 g/mol. The molecule has 1 saturated heterocycles. The lowest BCUT2D eigenvalue weighted by Crippen LogP contribution is -2.43. The van der Waals surface area contributed by atoms with Crippen LogP contribution in [-0.2, 0) is 7.05 Å². The number of carbonyl (C=O) groups excluding carboxylic acids is 1. The van der Waals surface area contributed by atoms with Crippen LogP contribution in [0.25, 0.3) is 16.9 Å². The van der Waals surface area contributed by atoms with Crippen molar-refractivity contribution >= 4 is 39.7 Å². The second-order valence-electron chi connectivity index (χ2n) is 7.63. The highest BCUT2D eigenvalue weighted by Crippen LogP contribution is 2.27. The number of benzene rings is 1. The van der Waals surface area contributed by atoms with Crippen molar-refractivity contribution in [2.24, 2.45) is 7.05 Å². The van der Waals surface area contributed by atoms with Gasteiger partial charge in [0.1, 0.15) is 5.75 Å². The van der Waals surface area contributed by atoms with Crippen molar-refractivity contribution in [1.29, 1.82) is 0 Å². The zero-order valence-corrected chi connectivity index (χ0v) is 19.1.